The van der Waals surface area contributed by atoms with Gasteiger partial charge in [0.25, 0.3) is 0 Å². The highest BCUT2D eigenvalue weighted by molar-refractivity contribution is 6.66. The third-order valence-electron chi connectivity index (χ3n) is 2.04. The summed E-state index contributed by atoms with van der Waals surface area (Å²) in [5, 5.41) is 0. The van der Waals surface area contributed by atoms with Crippen molar-refractivity contribution in [3.63, 3.8) is 0 Å². The van der Waals surface area contributed by atoms with Gasteiger partial charge >= 0.3 is 8.80 Å². The molecule has 0 amide bonds. The van der Waals surface area contributed by atoms with E-state index >= 15 is 0 Å². The second-order valence-electron chi connectivity index (χ2n) is 3.48. The monoisotopic (exact) mass is 258 g/mol. The minimum atomic E-state index is -2.59. The van der Waals surface area contributed by atoms with E-state index in [4.69, 9.17) is 13.3 Å². The summed E-state index contributed by atoms with van der Waals surface area (Å²) >= 11 is 0. The van der Waals surface area contributed by atoms with E-state index in [0.717, 1.165) is 12.8 Å². The molecule has 0 atom stereocenters. The van der Waals surface area contributed by atoms with Crippen LogP contribution in [0.2, 0.25) is 0 Å². The van der Waals surface area contributed by atoms with Gasteiger partial charge in [-0.1, -0.05) is 31.6 Å². The van der Waals surface area contributed by atoms with Crippen LogP contribution in [0.5, 0.6) is 0 Å². The Labute approximate surface area is 107 Å². The van der Waals surface area contributed by atoms with E-state index in [1.54, 1.807) is 0 Å². The van der Waals surface area contributed by atoms with Crippen LogP contribution in [-0.4, -0.2) is 28.6 Å². The number of hydrogen-bond acceptors (Lipinski definition) is 3. The molecule has 0 spiro atoms. The van der Waals surface area contributed by atoms with Gasteiger partial charge in [0.05, 0.1) is 0 Å². The van der Waals surface area contributed by atoms with Crippen molar-refractivity contribution < 1.29 is 13.3 Å². The number of rotatable bonds is 10. The first kappa shape index (κ1) is 16.6. The topological polar surface area (TPSA) is 27.7 Å². The summed E-state index contributed by atoms with van der Waals surface area (Å²) in [6.45, 7) is 9.86. The fourth-order valence-electron chi connectivity index (χ4n) is 1.39. The van der Waals surface area contributed by atoms with Crippen LogP contribution in [-0.2, 0) is 13.3 Å². The zero-order valence-electron chi connectivity index (χ0n) is 11.6. The molecule has 3 nitrogen and oxygen atoms in total. The lowest BCUT2D eigenvalue weighted by Gasteiger charge is -2.25. The summed E-state index contributed by atoms with van der Waals surface area (Å²) in [7, 11) is -2.59. The fraction of sp³-hybridized carbons (Fsp3) is 0.692. The van der Waals surface area contributed by atoms with Crippen molar-refractivity contribution in [2.45, 2.75) is 40.5 Å². The highest BCUT2D eigenvalue weighted by Crippen LogP contribution is 2.12. The Bertz CT molecular complexity index is 210. The quantitative estimate of drug-likeness (QED) is 0.443. The summed E-state index contributed by atoms with van der Waals surface area (Å²) in [5.74, 6) is 0. The summed E-state index contributed by atoms with van der Waals surface area (Å²) in [4.78, 5) is 0. The average Bonchev–Trinajstić information content (AvgIpc) is 2.30. The zero-order valence-corrected chi connectivity index (χ0v) is 12.6. The van der Waals surface area contributed by atoms with Crippen molar-refractivity contribution in [2.24, 2.45) is 0 Å². The first-order valence-corrected chi connectivity index (χ1v) is 8.31. The summed E-state index contributed by atoms with van der Waals surface area (Å²) in [6.07, 6.45) is 8.40. The maximum absolute atomic E-state index is 5.69. The molecule has 0 aromatic carbocycles. The van der Waals surface area contributed by atoms with Crippen molar-refractivity contribution in [3.05, 3.63) is 23.9 Å². The highest BCUT2D eigenvalue weighted by atomic mass is 28.4. The van der Waals surface area contributed by atoms with Gasteiger partial charge < -0.3 is 13.3 Å². The van der Waals surface area contributed by atoms with E-state index in [9.17, 15) is 0 Å². The van der Waals surface area contributed by atoms with Crippen molar-refractivity contribution >= 4 is 8.80 Å². The molecule has 0 fully saturated rings. The Balaban J connectivity index is 4.51. The van der Waals surface area contributed by atoms with E-state index in [1.165, 1.54) is 0 Å². The molecule has 100 valence electrons. The number of unbranched alkanes of at least 4 members (excludes halogenated alkanes) is 1. The van der Waals surface area contributed by atoms with Gasteiger partial charge in [-0.25, -0.2) is 0 Å². The molecule has 0 radical (unpaired) electrons. The van der Waals surface area contributed by atoms with Gasteiger partial charge in [-0.2, -0.15) is 0 Å². The van der Waals surface area contributed by atoms with Crippen LogP contribution in [0.4, 0.5) is 0 Å². The number of hydrogen-bond donors (Lipinski definition) is 0. The molecule has 0 unspecified atom stereocenters. The van der Waals surface area contributed by atoms with Crippen molar-refractivity contribution in [1.29, 1.82) is 0 Å². The molecule has 0 saturated carbocycles. The first-order valence-electron chi connectivity index (χ1n) is 6.50. The van der Waals surface area contributed by atoms with E-state index in [0.29, 0.717) is 19.8 Å². The number of allylic oxidation sites excluding steroid dienone is 3. The molecule has 4 heteroatoms. The Kier molecular flexibility index (Phi) is 10.4. The Morgan fingerprint density at radius 1 is 0.824 bits per heavy atom. The third kappa shape index (κ3) is 7.49. The molecular weight excluding hydrogens is 232 g/mol. The van der Waals surface area contributed by atoms with Gasteiger partial charge in [0.1, 0.15) is 0 Å². The largest absolute Gasteiger partial charge is 0.529 e. The molecule has 0 aliphatic carbocycles. The summed E-state index contributed by atoms with van der Waals surface area (Å²) in [5.41, 5.74) is 1.95. The lowest BCUT2D eigenvalue weighted by atomic mass is 10.3. The highest BCUT2D eigenvalue weighted by Gasteiger charge is 2.37. The van der Waals surface area contributed by atoms with Crippen LogP contribution in [0.1, 0.15) is 40.5 Å². The lowest BCUT2D eigenvalue weighted by Crippen LogP contribution is -2.44. The molecule has 0 aromatic heterocycles. The maximum Gasteiger partial charge on any atom is 0.529 e. The third-order valence-corrected chi connectivity index (χ3v) is 4.71. The standard InChI is InChI=1S/C13H26O3Si/c1-5-9-10-11-12-13-17(14-6-2,15-7-3)16-8-4/h10-13H,5-9H2,1-4H3/b11-10+,13-12+. The zero-order chi connectivity index (χ0) is 13.0. The first-order chi connectivity index (χ1) is 8.24. The summed E-state index contributed by atoms with van der Waals surface area (Å²) < 4.78 is 17.1. The van der Waals surface area contributed by atoms with Crippen molar-refractivity contribution in [2.75, 3.05) is 19.8 Å². The molecule has 0 aliphatic heterocycles. The van der Waals surface area contributed by atoms with Crippen LogP contribution < -0.4 is 0 Å². The minimum absolute atomic E-state index is 0.606. The summed E-state index contributed by atoms with van der Waals surface area (Å²) in [6, 6.07) is 0. The second-order valence-corrected chi connectivity index (χ2v) is 5.89. The van der Waals surface area contributed by atoms with Gasteiger partial charge in [0.15, 0.2) is 0 Å². The minimum Gasteiger partial charge on any atom is -0.371 e. The van der Waals surface area contributed by atoms with Gasteiger partial charge in [-0.3, -0.25) is 0 Å². The van der Waals surface area contributed by atoms with E-state index in [-0.39, 0.29) is 0 Å². The Hall–Kier alpha value is -0.423. The van der Waals surface area contributed by atoms with Gasteiger partial charge in [0.2, 0.25) is 0 Å². The smallest absolute Gasteiger partial charge is 0.371 e. The molecule has 0 aliphatic rings. The van der Waals surface area contributed by atoms with Crippen LogP contribution in [0, 0.1) is 0 Å². The molecule has 0 heterocycles. The van der Waals surface area contributed by atoms with Gasteiger partial charge in [0, 0.05) is 19.8 Å². The van der Waals surface area contributed by atoms with E-state index in [1.807, 2.05) is 38.6 Å². The second kappa shape index (κ2) is 10.7. The molecule has 0 aromatic rings. The van der Waals surface area contributed by atoms with Gasteiger partial charge in [-0.05, 0) is 32.9 Å². The van der Waals surface area contributed by atoms with E-state index < -0.39 is 8.80 Å². The lowest BCUT2D eigenvalue weighted by molar-refractivity contribution is 0.0843. The van der Waals surface area contributed by atoms with Crippen LogP contribution in [0.15, 0.2) is 23.9 Å². The van der Waals surface area contributed by atoms with Crippen LogP contribution in [0.3, 0.4) is 0 Å². The predicted octanol–water partition coefficient (Wildman–Crippen LogP) is 3.49. The average molecular weight is 258 g/mol. The Morgan fingerprint density at radius 3 is 1.76 bits per heavy atom. The van der Waals surface area contributed by atoms with Crippen molar-refractivity contribution in [1.82, 2.24) is 0 Å². The Morgan fingerprint density at radius 2 is 1.35 bits per heavy atom. The molecule has 17 heavy (non-hydrogen) atoms. The molecular formula is C13H26O3Si. The normalized spacial score (nSPS) is 12.9. The van der Waals surface area contributed by atoms with Crippen LogP contribution >= 0.6 is 0 Å². The molecule has 0 N–H and O–H groups in total. The maximum atomic E-state index is 5.69. The van der Waals surface area contributed by atoms with Crippen molar-refractivity contribution in [3.8, 4) is 0 Å². The predicted molar refractivity (Wildman–Crippen MR) is 73.8 cm³/mol. The molecule has 0 bridgehead atoms. The fourth-order valence-corrected chi connectivity index (χ4v) is 3.48. The molecule has 0 rings (SSSR count). The SMILES string of the molecule is CCC/C=C/C=C/[Si](OCC)(OCC)OCC. The van der Waals surface area contributed by atoms with Crippen LogP contribution in [0.25, 0.3) is 0 Å². The molecule has 0 saturated heterocycles. The van der Waals surface area contributed by atoms with E-state index in [2.05, 4.69) is 13.0 Å². The van der Waals surface area contributed by atoms with Gasteiger partial charge in [-0.15, -0.1) is 0 Å².